The molecule has 0 saturated heterocycles. The molecule has 1 aromatic rings. The van der Waals surface area contributed by atoms with Gasteiger partial charge in [-0.05, 0) is 14.0 Å². The Morgan fingerprint density at radius 3 is 2.76 bits per heavy atom. The number of hydrogen-bond acceptors (Lipinski definition) is 5. The molecule has 0 unspecified atom stereocenters. The van der Waals surface area contributed by atoms with Crippen LogP contribution in [0.3, 0.4) is 0 Å². The Balaban J connectivity index is 2.32. The van der Waals surface area contributed by atoms with Crippen molar-refractivity contribution in [2.24, 2.45) is 5.73 Å². The fraction of sp³-hybridized carbons (Fsp3) is 0.545. The van der Waals surface area contributed by atoms with Crippen molar-refractivity contribution in [2.45, 2.75) is 6.92 Å². The van der Waals surface area contributed by atoms with E-state index >= 15 is 0 Å². The van der Waals surface area contributed by atoms with Gasteiger partial charge in [-0.15, -0.1) is 0 Å². The standard InChI is InChI=1S/C11H19N5O/c1-9-7-15-10(8-14-9)11(17)13-4-6-16(2)5-3-12/h7-8H,3-6,12H2,1-2H3,(H,13,17). The number of carbonyl (C=O) groups excluding carboxylic acids is 1. The van der Waals surface area contributed by atoms with Crippen LogP contribution in [0.15, 0.2) is 12.4 Å². The second-order valence-corrected chi connectivity index (χ2v) is 3.89. The average molecular weight is 237 g/mol. The Morgan fingerprint density at radius 2 is 2.18 bits per heavy atom. The molecule has 6 heteroatoms. The molecule has 17 heavy (non-hydrogen) atoms. The van der Waals surface area contributed by atoms with Gasteiger partial charge in [0.1, 0.15) is 5.69 Å². The fourth-order valence-corrected chi connectivity index (χ4v) is 1.29. The summed E-state index contributed by atoms with van der Waals surface area (Å²) in [5.74, 6) is -0.196. The maximum Gasteiger partial charge on any atom is 0.271 e. The lowest BCUT2D eigenvalue weighted by Gasteiger charge is -2.15. The number of aromatic nitrogens is 2. The summed E-state index contributed by atoms with van der Waals surface area (Å²) in [7, 11) is 1.96. The van der Waals surface area contributed by atoms with Crippen LogP contribution in [-0.2, 0) is 0 Å². The van der Waals surface area contributed by atoms with Crippen LogP contribution < -0.4 is 11.1 Å². The molecule has 3 N–H and O–H groups in total. The highest BCUT2D eigenvalue weighted by Crippen LogP contribution is 1.93. The van der Waals surface area contributed by atoms with Crippen molar-refractivity contribution in [1.29, 1.82) is 0 Å². The summed E-state index contributed by atoms with van der Waals surface area (Å²) < 4.78 is 0. The first-order valence-electron chi connectivity index (χ1n) is 5.59. The molecule has 0 saturated carbocycles. The van der Waals surface area contributed by atoms with Crippen molar-refractivity contribution in [3.63, 3.8) is 0 Å². The zero-order valence-corrected chi connectivity index (χ0v) is 10.3. The number of rotatable bonds is 6. The molecule has 0 fully saturated rings. The maximum absolute atomic E-state index is 11.6. The number of nitrogens with one attached hydrogen (secondary N) is 1. The van der Waals surface area contributed by atoms with Crippen molar-refractivity contribution in [2.75, 3.05) is 33.2 Å². The highest BCUT2D eigenvalue weighted by Gasteiger charge is 2.06. The van der Waals surface area contributed by atoms with Crippen molar-refractivity contribution in [3.05, 3.63) is 23.8 Å². The van der Waals surface area contributed by atoms with Gasteiger partial charge in [-0.1, -0.05) is 0 Å². The fourth-order valence-electron chi connectivity index (χ4n) is 1.29. The summed E-state index contributed by atoms with van der Waals surface area (Å²) in [6, 6.07) is 0. The van der Waals surface area contributed by atoms with Gasteiger partial charge in [-0.2, -0.15) is 0 Å². The molecule has 1 rings (SSSR count). The molecule has 0 atom stereocenters. The van der Waals surface area contributed by atoms with Gasteiger partial charge in [0, 0.05) is 32.4 Å². The van der Waals surface area contributed by atoms with Gasteiger partial charge in [0.05, 0.1) is 11.9 Å². The molecule has 0 radical (unpaired) electrons. The van der Waals surface area contributed by atoms with E-state index in [9.17, 15) is 4.79 Å². The van der Waals surface area contributed by atoms with E-state index in [4.69, 9.17) is 5.73 Å². The lowest BCUT2D eigenvalue weighted by atomic mass is 10.4. The van der Waals surface area contributed by atoms with Crippen molar-refractivity contribution in [3.8, 4) is 0 Å². The number of nitrogens with two attached hydrogens (primary N) is 1. The van der Waals surface area contributed by atoms with E-state index in [1.54, 1.807) is 6.20 Å². The summed E-state index contributed by atoms with van der Waals surface area (Å²) in [5.41, 5.74) is 6.56. The quantitative estimate of drug-likeness (QED) is 0.690. The molecule has 1 aromatic heterocycles. The van der Waals surface area contributed by atoms with E-state index in [0.29, 0.717) is 18.8 Å². The van der Waals surface area contributed by atoms with Crippen LogP contribution in [0.4, 0.5) is 0 Å². The van der Waals surface area contributed by atoms with Crippen LogP contribution in [0.1, 0.15) is 16.2 Å². The lowest BCUT2D eigenvalue weighted by molar-refractivity contribution is 0.0944. The third-order valence-corrected chi connectivity index (χ3v) is 2.30. The third-order valence-electron chi connectivity index (χ3n) is 2.30. The number of carbonyl (C=O) groups is 1. The molecule has 0 aliphatic carbocycles. The van der Waals surface area contributed by atoms with Crippen LogP contribution >= 0.6 is 0 Å². The van der Waals surface area contributed by atoms with E-state index in [2.05, 4.69) is 20.2 Å². The molecule has 0 aliphatic rings. The van der Waals surface area contributed by atoms with Gasteiger partial charge in [-0.3, -0.25) is 9.78 Å². The SMILES string of the molecule is Cc1cnc(C(=O)NCCN(C)CCN)cn1. The summed E-state index contributed by atoms with van der Waals surface area (Å²) in [6.07, 6.45) is 3.06. The zero-order chi connectivity index (χ0) is 12.7. The van der Waals surface area contributed by atoms with Gasteiger partial charge in [0.15, 0.2) is 0 Å². The Hall–Kier alpha value is -1.53. The Labute approximate surface area is 101 Å². The smallest absolute Gasteiger partial charge is 0.271 e. The summed E-state index contributed by atoms with van der Waals surface area (Å²) >= 11 is 0. The van der Waals surface area contributed by atoms with Crippen LogP contribution in [0.25, 0.3) is 0 Å². The van der Waals surface area contributed by atoms with E-state index < -0.39 is 0 Å². The number of hydrogen-bond donors (Lipinski definition) is 2. The Bertz CT molecular complexity index is 351. The third kappa shape index (κ3) is 4.88. The highest BCUT2D eigenvalue weighted by atomic mass is 16.1. The van der Waals surface area contributed by atoms with Crippen LogP contribution in [0, 0.1) is 6.92 Å². The van der Waals surface area contributed by atoms with Gasteiger partial charge < -0.3 is 16.0 Å². The lowest BCUT2D eigenvalue weighted by Crippen LogP contribution is -2.35. The summed E-state index contributed by atoms with van der Waals surface area (Å²) in [5, 5.41) is 2.78. The number of amides is 1. The second-order valence-electron chi connectivity index (χ2n) is 3.89. The first-order chi connectivity index (χ1) is 8.13. The topological polar surface area (TPSA) is 84.1 Å². The van der Waals surface area contributed by atoms with Crippen molar-refractivity contribution in [1.82, 2.24) is 20.2 Å². The molecule has 0 spiro atoms. The highest BCUT2D eigenvalue weighted by molar-refractivity contribution is 5.91. The van der Waals surface area contributed by atoms with Gasteiger partial charge in [0.2, 0.25) is 0 Å². The van der Waals surface area contributed by atoms with Crippen molar-refractivity contribution >= 4 is 5.91 Å². The predicted octanol–water partition coefficient (Wildman–Crippen LogP) is -0.595. The molecule has 6 nitrogen and oxygen atoms in total. The molecule has 0 bridgehead atoms. The molecule has 94 valence electrons. The normalized spacial score (nSPS) is 10.6. The molecule has 1 amide bonds. The first-order valence-corrected chi connectivity index (χ1v) is 5.59. The minimum atomic E-state index is -0.196. The zero-order valence-electron chi connectivity index (χ0n) is 10.3. The maximum atomic E-state index is 11.6. The minimum Gasteiger partial charge on any atom is -0.349 e. The predicted molar refractivity (Wildman–Crippen MR) is 65.7 cm³/mol. The van der Waals surface area contributed by atoms with Crippen LogP contribution in [-0.4, -0.2) is 54.0 Å². The molecule has 0 aliphatic heterocycles. The van der Waals surface area contributed by atoms with E-state index in [1.165, 1.54) is 6.20 Å². The van der Waals surface area contributed by atoms with Gasteiger partial charge in [-0.25, -0.2) is 4.98 Å². The second kappa shape index (κ2) is 6.93. The Morgan fingerprint density at radius 1 is 1.41 bits per heavy atom. The van der Waals surface area contributed by atoms with E-state index in [0.717, 1.165) is 18.8 Å². The molecule has 0 aromatic carbocycles. The van der Waals surface area contributed by atoms with E-state index in [1.807, 2.05) is 14.0 Å². The van der Waals surface area contributed by atoms with Crippen LogP contribution in [0.2, 0.25) is 0 Å². The average Bonchev–Trinajstić information content (AvgIpc) is 2.30. The van der Waals surface area contributed by atoms with E-state index in [-0.39, 0.29) is 5.91 Å². The Kier molecular flexibility index (Phi) is 5.51. The summed E-state index contributed by atoms with van der Waals surface area (Å²) in [4.78, 5) is 21.7. The number of likely N-dealkylation sites (N-methyl/N-ethyl adjacent to an activating group) is 1. The number of aryl methyl sites for hydroxylation is 1. The van der Waals surface area contributed by atoms with Gasteiger partial charge >= 0.3 is 0 Å². The first kappa shape index (κ1) is 13.5. The number of nitrogens with zero attached hydrogens (tertiary/aromatic N) is 3. The monoisotopic (exact) mass is 237 g/mol. The summed E-state index contributed by atoms with van der Waals surface area (Å²) in [6.45, 7) is 4.61. The molecular weight excluding hydrogens is 218 g/mol. The molecule has 1 heterocycles. The van der Waals surface area contributed by atoms with Gasteiger partial charge in [0.25, 0.3) is 5.91 Å². The minimum absolute atomic E-state index is 0.196. The van der Waals surface area contributed by atoms with Crippen LogP contribution in [0.5, 0.6) is 0 Å². The van der Waals surface area contributed by atoms with Crippen molar-refractivity contribution < 1.29 is 4.79 Å². The largest absolute Gasteiger partial charge is 0.349 e. The molecular formula is C11H19N5O.